The molecule has 0 fully saturated rings. The molecule has 0 aromatic heterocycles. The maximum atomic E-state index is 8.83. The van der Waals surface area contributed by atoms with E-state index in [2.05, 4.69) is 10.5 Å². The number of halogens is 2. The third kappa shape index (κ3) is 2.39. The minimum absolute atomic E-state index is 0.500. The van der Waals surface area contributed by atoms with Crippen LogP contribution in [0.25, 0.3) is 0 Å². The minimum Gasteiger partial charge on any atom is -0.290 e. The molecule has 1 aliphatic heterocycles. The lowest BCUT2D eigenvalue weighted by atomic mass is 10.3. The molecule has 1 heterocycles. The third-order valence-corrected chi connectivity index (χ3v) is 3.50. The molecule has 3 nitrogen and oxygen atoms in total. The minimum atomic E-state index is 0.500. The Kier molecular flexibility index (Phi) is 3.41. The number of hydrogen-bond donors (Lipinski definition) is 2. The van der Waals surface area contributed by atoms with Crippen LogP contribution in [-0.2, 0) is 0 Å². The average Bonchev–Trinajstić information content (AvgIpc) is 2.39. The van der Waals surface area contributed by atoms with Crippen LogP contribution in [0.2, 0.25) is 10.0 Å². The Morgan fingerprint density at radius 3 is 2.93 bits per heavy atom. The Labute approximate surface area is 101 Å². The molecule has 2 N–H and O–H groups in total. The smallest absolute Gasteiger partial charge is 0.127 e. The molecule has 0 saturated carbocycles. The molecule has 2 rings (SSSR count). The van der Waals surface area contributed by atoms with Crippen molar-refractivity contribution >= 4 is 46.5 Å². The number of hydrogen-bond acceptors (Lipinski definition) is 4. The zero-order valence-electron chi connectivity index (χ0n) is 7.63. The Morgan fingerprint density at radius 1 is 1.40 bits per heavy atom. The molecule has 1 aliphatic rings. The van der Waals surface area contributed by atoms with Crippen molar-refractivity contribution in [2.45, 2.75) is 11.3 Å². The first kappa shape index (κ1) is 11.1. The zero-order chi connectivity index (χ0) is 10.8. The summed E-state index contributed by atoms with van der Waals surface area (Å²) in [6, 6.07) is 3.48. The largest absolute Gasteiger partial charge is 0.290 e. The first-order valence-corrected chi connectivity index (χ1v) is 6.04. The molecular formula is C9H8Cl2N2OS. The summed E-state index contributed by atoms with van der Waals surface area (Å²) in [6.07, 6.45) is 0.670. The number of thioether (sulfide) groups is 1. The van der Waals surface area contributed by atoms with Gasteiger partial charge in [-0.2, -0.15) is 0 Å². The molecule has 0 atom stereocenters. The standard InChI is InChI=1S/C9H8Cl2N2OS/c10-5-3-6(11)9-7(4-5)15-2-1-8(12-9)13-14/h3-4,14H,1-2H2,(H,12,13). The fraction of sp³-hybridized carbons (Fsp3) is 0.222. The van der Waals surface area contributed by atoms with Crippen LogP contribution in [0.5, 0.6) is 0 Å². The van der Waals surface area contributed by atoms with E-state index in [1.807, 2.05) is 6.07 Å². The molecule has 0 radical (unpaired) electrons. The molecule has 0 aliphatic carbocycles. The van der Waals surface area contributed by atoms with Gasteiger partial charge in [0.15, 0.2) is 0 Å². The molecule has 80 valence electrons. The molecule has 0 saturated heterocycles. The predicted molar refractivity (Wildman–Crippen MR) is 63.8 cm³/mol. The van der Waals surface area contributed by atoms with Crippen molar-refractivity contribution in [2.24, 2.45) is 4.99 Å². The summed E-state index contributed by atoms with van der Waals surface area (Å²) in [6.45, 7) is 0. The van der Waals surface area contributed by atoms with Crippen molar-refractivity contribution in [2.75, 3.05) is 5.75 Å². The maximum Gasteiger partial charge on any atom is 0.127 e. The highest BCUT2D eigenvalue weighted by molar-refractivity contribution is 7.99. The van der Waals surface area contributed by atoms with Gasteiger partial charge in [0.25, 0.3) is 0 Å². The van der Waals surface area contributed by atoms with E-state index in [9.17, 15) is 0 Å². The second kappa shape index (κ2) is 4.61. The van der Waals surface area contributed by atoms with E-state index in [0.29, 0.717) is 28.0 Å². The lowest BCUT2D eigenvalue weighted by molar-refractivity contribution is 0.232. The van der Waals surface area contributed by atoms with Crippen LogP contribution in [-0.4, -0.2) is 16.8 Å². The van der Waals surface area contributed by atoms with Gasteiger partial charge in [-0.15, -0.1) is 11.8 Å². The van der Waals surface area contributed by atoms with Crippen molar-refractivity contribution in [3.05, 3.63) is 22.2 Å². The summed E-state index contributed by atoms with van der Waals surface area (Å²) in [5.41, 5.74) is 2.74. The van der Waals surface area contributed by atoms with Gasteiger partial charge in [-0.1, -0.05) is 23.2 Å². The number of hydroxylamine groups is 1. The Bertz CT molecular complexity index is 423. The van der Waals surface area contributed by atoms with Gasteiger partial charge < -0.3 is 0 Å². The van der Waals surface area contributed by atoms with E-state index in [4.69, 9.17) is 28.4 Å². The number of amidine groups is 1. The van der Waals surface area contributed by atoms with Crippen LogP contribution in [0.3, 0.4) is 0 Å². The van der Waals surface area contributed by atoms with Crippen LogP contribution < -0.4 is 5.48 Å². The van der Waals surface area contributed by atoms with Gasteiger partial charge in [-0.3, -0.25) is 10.7 Å². The molecule has 6 heteroatoms. The van der Waals surface area contributed by atoms with E-state index in [-0.39, 0.29) is 0 Å². The van der Waals surface area contributed by atoms with Gasteiger partial charge in [0.1, 0.15) is 5.84 Å². The van der Waals surface area contributed by atoms with Crippen LogP contribution >= 0.6 is 35.0 Å². The summed E-state index contributed by atoms with van der Waals surface area (Å²) in [5, 5.41) is 9.93. The fourth-order valence-corrected chi connectivity index (χ4v) is 2.96. The van der Waals surface area contributed by atoms with Gasteiger partial charge in [0.05, 0.1) is 10.7 Å². The Balaban J connectivity index is 2.53. The van der Waals surface area contributed by atoms with E-state index in [1.165, 1.54) is 0 Å². The molecule has 0 amide bonds. The van der Waals surface area contributed by atoms with Crippen molar-refractivity contribution in [1.82, 2.24) is 5.48 Å². The topological polar surface area (TPSA) is 44.6 Å². The van der Waals surface area contributed by atoms with Gasteiger partial charge in [0.2, 0.25) is 0 Å². The van der Waals surface area contributed by atoms with Gasteiger partial charge in [0, 0.05) is 22.1 Å². The highest BCUT2D eigenvalue weighted by Gasteiger charge is 2.14. The Hall–Kier alpha value is -0.420. The normalized spacial score (nSPS) is 15.3. The molecule has 0 unspecified atom stereocenters. The Morgan fingerprint density at radius 2 is 2.20 bits per heavy atom. The van der Waals surface area contributed by atoms with E-state index in [1.54, 1.807) is 17.8 Å². The van der Waals surface area contributed by atoms with E-state index in [0.717, 1.165) is 10.6 Å². The number of nitrogens with one attached hydrogen (secondary N) is 1. The van der Waals surface area contributed by atoms with E-state index < -0.39 is 0 Å². The number of nitrogens with zero attached hydrogens (tertiary/aromatic N) is 1. The van der Waals surface area contributed by atoms with Gasteiger partial charge >= 0.3 is 0 Å². The molecule has 1 aromatic carbocycles. The zero-order valence-corrected chi connectivity index (χ0v) is 9.96. The first-order valence-electron chi connectivity index (χ1n) is 4.30. The first-order chi connectivity index (χ1) is 7.20. The average molecular weight is 263 g/mol. The van der Waals surface area contributed by atoms with Crippen LogP contribution in [0, 0.1) is 0 Å². The number of rotatable bonds is 0. The SMILES string of the molecule is ONC1=Nc2c(Cl)cc(Cl)cc2SCC1. The number of aliphatic imine (C=N–C) groups is 1. The van der Waals surface area contributed by atoms with Crippen molar-refractivity contribution in [1.29, 1.82) is 0 Å². The number of benzene rings is 1. The van der Waals surface area contributed by atoms with Crippen LogP contribution in [0.1, 0.15) is 6.42 Å². The molecule has 1 aromatic rings. The molecular weight excluding hydrogens is 255 g/mol. The monoisotopic (exact) mass is 262 g/mol. The molecule has 0 bridgehead atoms. The fourth-order valence-electron chi connectivity index (χ4n) is 1.29. The molecule has 0 spiro atoms. The van der Waals surface area contributed by atoms with Gasteiger partial charge in [-0.25, -0.2) is 4.99 Å². The summed E-state index contributed by atoms with van der Waals surface area (Å²) in [5.74, 6) is 1.35. The maximum absolute atomic E-state index is 8.83. The van der Waals surface area contributed by atoms with Crippen molar-refractivity contribution in [3.63, 3.8) is 0 Å². The van der Waals surface area contributed by atoms with E-state index >= 15 is 0 Å². The predicted octanol–water partition coefficient (Wildman–Crippen LogP) is 3.50. The lowest BCUT2D eigenvalue weighted by Crippen LogP contribution is -2.18. The third-order valence-electron chi connectivity index (χ3n) is 1.97. The van der Waals surface area contributed by atoms with Crippen molar-refractivity contribution < 1.29 is 5.21 Å². The summed E-state index contributed by atoms with van der Waals surface area (Å²) in [4.78, 5) is 5.18. The quantitative estimate of drug-likeness (QED) is 0.704. The number of fused-ring (bicyclic) bond motifs is 1. The van der Waals surface area contributed by atoms with Crippen molar-refractivity contribution in [3.8, 4) is 0 Å². The summed E-state index contributed by atoms with van der Waals surface area (Å²) in [7, 11) is 0. The second-order valence-corrected chi connectivity index (χ2v) is 4.98. The van der Waals surface area contributed by atoms with Gasteiger partial charge in [-0.05, 0) is 12.1 Å². The summed E-state index contributed by atoms with van der Waals surface area (Å²) >= 11 is 13.5. The summed E-state index contributed by atoms with van der Waals surface area (Å²) < 4.78 is 0. The highest BCUT2D eigenvalue weighted by atomic mass is 35.5. The molecule has 15 heavy (non-hydrogen) atoms. The lowest BCUT2D eigenvalue weighted by Gasteiger charge is -2.05. The van der Waals surface area contributed by atoms with Crippen LogP contribution in [0.4, 0.5) is 5.69 Å². The second-order valence-electron chi connectivity index (χ2n) is 3.00. The highest BCUT2D eigenvalue weighted by Crippen LogP contribution is 2.40. The van der Waals surface area contributed by atoms with Crippen LogP contribution in [0.15, 0.2) is 22.0 Å².